The molecule has 2 aromatic carbocycles. The molecule has 1 saturated heterocycles. The lowest BCUT2D eigenvalue weighted by Gasteiger charge is -2.10. The van der Waals surface area contributed by atoms with Gasteiger partial charge in [0.15, 0.2) is 0 Å². The Morgan fingerprint density at radius 3 is 2.75 bits per heavy atom. The molecule has 1 aliphatic heterocycles. The van der Waals surface area contributed by atoms with E-state index in [9.17, 15) is 0 Å². The number of methoxy groups -OCH3 is 1. The number of aryl methyl sites for hydroxylation is 2. The third kappa shape index (κ3) is 3.31. The van der Waals surface area contributed by atoms with Crippen molar-refractivity contribution in [2.45, 2.75) is 19.1 Å². The molecule has 1 heterocycles. The van der Waals surface area contributed by atoms with E-state index in [4.69, 9.17) is 14.2 Å². The van der Waals surface area contributed by atoms with Crippen LogP contribution in [0.1, 0.15) is 11.1 Å². The quantitative estimate of drug-likeness (QED) is 0.755. The van der Waals surface area contributed by atoms with Crippen molar-refractivity contribution >= 4 is 0 Å². The first kappa shape index (κ1) is 13.0. The zero-order valence-corrected chi connectivity index (χ0v) is 11.5. The molecule has 0 radical (unpaired) electrons. The lowest BCUT2D eigenvalue weighted by atomic mass is 10.0. The summed E-state index contributed by atoms with van der Waals surface area (Å²) in [5.74, 6) is 1.83. The fourth-order valence-electron chi connectivity index (χ4n) is 2.18. The molecule has 0 spiro atoms. The van der Waals surface area contributed by atoms with Crippen molar-refractivity contribution in [2.75, 3.05) is 13.7 Å². The van der Waals surface area contributed by atoms with Crippen molar-refractivity contribution in [3.05, 3.63) is 59.7 Å². The van der Waals surface area contributed by atoms with Crippen LogP contribution in [0.25, 0.3) is 0 Å². The number of hydrogen-bond acceptors (Lipinski definition) is 3. The number of epoxide rings is 1. The fraction of sp³-hybridized carbons (Fsp3) is 0.294. The van der Waals surface area contributed by atoms with E-state index in [1.54, 1.807) is 7.11 Å². The average molecular weight is 270 g/mol. The maximum Gasteiger partial charge on any atom is 0.223 e. The summed E-state index contributed by atoms with van der Waals surface area (Å²) < 4.78 is 16.1. The van der Waals surface area contributed by atoms with Gasteiger partial charge < -0.3 is 14.2 Å². The van der Waals surface area contributed by atoms with Gasteiger partial charge in [0.1, 0.15) is 18.1 Å². The SMILES string of the molecule is COc1cccc(CCc2ccccc2OC2CO2)c1. The Labute approximate surface area is 119 Å². The summed E-state index contributed by atoms with van der Waals surface area (Å²) >= 11 is 0. The molecule has 0 bridgehead atoms. The summed E-state index contributed by atoms with van der Waals surface area (Å²) in [6.45, 7) is 0.699. The van der Waals surface area contributed by atoms with E-state index in [2.05, 4.69) is 18.2 Å². The van der Waals surface area contributed by atoms with Crippen LogP contribution in [0, 0.1) is 0 Å². The second kappa shape index (κ2) is 5.97. The van der Waals surface area contributed by atoms with Gasteiger partial charge in [0.25, 0.3) is 0 Å². The van der Waals surface area contributed by atoms with Gasteiger partial charge in [-0.3, -0.25) is 0 Å². The van der Waals surface area contributed by atoms with Crippen molar-refractivity contribution in [2.24, 2.45) is 0 Å². The molecule has 1 fully saturated rings. The summed E-state index contributed by atoms with van der Waals surface area (Å²) in [5, 5.41) is 0. The molecule has 1 unspecified atom stereocenters. The number of hydrogen-bond donors (Lipinski definition) is 0. The van der Waals surface area contributed by atoms with Crippen LogP contribution >= 0.6 is 0 Å². The van der Waals surface area contributed by atoms with Crippen LogP contribution in [-0.2, 0) is 17.6 Å². The summed E-state index contributed by atoms with van der Waals surface area (Å²) in [5.41, 5.74) is 2.48. The number of rotatable bonds is 6. The lowest BCUT2D eigenvalue weighted by Crippen LogP contribution is -2.02. The van der Waals surface area contributed by atoms with E-state index >= 15 is 0 Å². The van der Waals surface area contributed by atoms with Crippen LogP contribution in [0.3, 0.4) is 0 Å². The van der Waals surface area contributed by atoms with Gasteiger partial charge in [-0.05, 0) is 42.2 Å². The highest BCUT2D eigenvalue weighted by Gasteiger charge is 2.25. The Bertz CT molecular complexity index is 576. The van der Waals surface area contributed by atoms with E-state index in [1.807, 2.05) is 30.3 Å². The molecule has 0 aliphatic carbocycles. The first-order chi connectivity index (χ1) is 9.85. The highest BCUT2D eigenvalue weighted by atomic mass is 16.8. The molecule has 3 nitrogen and oxygen atoms in total. The van der Waals surface area contributed by atoms with Crippen LogP contribution in [-0.4, -0.2) is 20.0 Å². The Kier molecular flexibility index (Phi) is 3.88. The van der Waals surface area contributed by atoms with Crippen LogP contribution in [0.2, 0.25) is 0 Å². The molecule has 20 heavy (non-hydrogen) atoms. The third-order valence-corrected chi connectivity index (χ3v) is 3.35. The first-order valence-electron chi connectivity index (χ1n) is 6.84. The van der Waals surface area contributed by atoms with Gasteiger partial charge in [-0.25, -0.2) is 0 Å². The molecule has 0 aromatic heterocycles. The molecular formula is C17H18O3. The van der Waals surface area contributed by atoms with Gasteiger partial charge >= 0.3 is 0 Å². The lowest BCUT2D eigenvalue weighted by molar-refractivity contribution is 0.178. The van der Waals surface area contributed by atoms with Gasteiger partial charge in [0.2, 0.25) is 6.29 Å². The standard InChI is InChI=1S/C17H18O3/c1-18-15-7-4-5-13(11-15)9-10-14-6-2-3-8-16(14)20-17-12-19-17/h2-8,11,17H,9-10,12H2,1H3. The van der Waals surface area contributed by atoms with E-state index in [-0.39, 0.29) is 6.29 Å². The average Bonchev–Trinajstić information content (AvgIpc) is 3.31. The molecule has 0 amide bonds. The zero-order chi connectivity index (χ0) is 13.8. The van der Waals surface area contributed by atoms with Crippen molar-refractivity contribution < 1.29 is 14.2 Å². The first-order valence-corrected chi connectivity index (χ1v) is 6.84. The van der Waals surface area contributed by atoms with Crippen LogP contribution in [0.4, 0.5) is 0 Å². The molecule has 2 aromatic rings. The minimum Gasteiger partial charge on any atom is -0.497 e. The van der Waals surface area contributed by atoms with Gasteiger partial charge in [0, 0.05) is 0 Å². The number of ether oxygens (including phenoxy) is 3. The Balaban J connectivity index is 1.67. The van der Waals surface area contributed by atoms with Crippen molar-refractivity contribution in [1.82, 2.24) is 0 Å². The van der Waals surface area contributed by atoms with Crippen molar-refractivity contribution in [1.29, 1.82) is 0 Å². The van der Waals surface area contributed by atoms with E-state index in [1.165, 1.54) is 11.1 Å². The van der Waals surface area contributed by atoms with E-state index in [0.29, 0.717) is 6.61 Å². The molecular weight excluding hydrogens is 252 g/mol. The number of benzene rings is 2. The van der Waals surface area contributed by atoms with Gasteiger partial charge in [-0.15, -0.1) is 0 Å². The Morgan fingerprint density at radius 2 is 1.95 bits per heavy atom. The molecule has 3 rings (SSSR count). The molecule has 1 atom stereocenters. The highest BCUT2D eigenvalue weighted by Crippen LogP contribution is 2.25. The summed E-state index contributed by atoms with van der Waals surface area (Å²) in [4.78, 5) is 0. The molecule has 0 saturated carbocycles. The van der Waals surface area contributed by atoms with Gasteiger partial charge in [-0.1, -0.05) is 30.3 Å². The van der Waals surface area contributed by atoms with Crippen LogP contribution < -0.4 is 9.47 Å². The molecule has 3 heteroatoms. The second-order valence-corrected chi connectivity index (χ2v) is 4.84. The van der Waals surface area contributed by atoms with Crippen LogP contribution in [0.15, 0.2) is 48.5 Å². The van der Waals surface area contributed by atoms with Gasteiger partial charge in [0.05, 0.1) is 7.11 Å². The Morgan fingerprint density at radius 1 is 1.10 bits per heavy atom. The fourth-order valence-corrected chi connectivity index (χ4v) is 2.18. The molecule has 0 N–H and O–H groups in total. The summed E-state index contributed by atoms with van der Waals surface area (Å²) in [7, 11) is 1.69. The minimum atomic E-state index is -0.0482. The van der Waals surface area contributed by atoms with Crippen molar-refractivity contribution in [3.63, 3.8) is 0 Å². The van der Waals surface area contributed by atoms with E-state index in [0.717, 1.165) is 24.3 Å². The van der Waals surface area contributed by atoms with Gasteiger partial charge in [-0.2, -0.15) is 0 Å². The topological polar surface area (TPSA) is 31.0 Å². The highest BCUT2D eigenvalue weighted by molar-refractivity contribution is 5.35. The number of para-hydroxylation sites is 1. The van der Waals surface area contributed by atoms with Crippen molar-refractivity contribution in [3.8, 4) is 11.5 Å². The predicted octanol–water partition coefficient (Wildman–Crippen LogP) is 3.22. The predicted molar refractivity (Wildman–Crippen MR) is 77.2 cm³/mol. The maximum atomic E-state index is 5.74. The normalized spacial score (nSPS) is 16.8. The second-order valence-electron chi connectivity index (χ2n) is 4.84. The van der Waals surface area contributed by atoms with E-state index < -0.39 is 0 Å². The summed E-state index contributed by atoms with van der Waals surface area (Å²) in [6, 6.07) is 16.3. The smallest absolute Gasteiger partial charge is 0.223 e. The third-order valence-electron chi connectivity index (χ3n) is 3.35. The van der Waals surface area contributed by atoms with Crippen LogP contribution in [0.5, 0.6) is 11.5 Å². The molecule has 104 valence electrons. The zero-order valence-electron chi connectivity index (χ0n) is 11.5. The monoisotopic (exact) mass is 270 g/mol. The molecule has 1 aliphatic rings. The largest absolute Gasteiger partial charge is 0.497 e. The maximum absolute atomic E-state index is 5.74. The Hall–Kier alpha value is -2.00. The minimum absolute atomic E-state index is 0.0482. The summed E-state index contributed by atoms with van der Waals surface area (Å²) in [6.07, 6.45) is 1.85.